The van der Waals surface area contributed by atoms with E-state index in [1.54, 1.807) is 0 Å². The number of hydrogen-bond donors (Lipinski definition) is 0. The van der Waals surface area contributed by atoms with E-state index in [-0.39, 0.29) is 0 Å². The van der Waals surface area contributed by atoms with Crippen molar-refractivity contribution in [3.63, 3.8) is 0 Å². The molecule has 0 spiro atoms. The van der Waals surface area contributed by atoms with Crippen LogP contribution in [0.1, 0.15) is 20.3 Å². The summed E-state index contributed by atoms with van der Waals surface area (Å²) in [7, 11) is 0. The zero-order valence-corrected chi connectivity index (χ0v) is 4.57. The monoisotopic (exact) mass is 82.1 g/mol. The molecule has 0 unspecified atom stereocenters. The van der Waals surface area contributed by atoms with Gasteiger partial charge in [-0.05, 0) is 0 Å². The molecule has 1 heteroatoms. The second-order valence-corrected chi connectivity index (χ2v) is 1.29. The summed E-state index contributed by atoms with van der Waals surface area (Å²) in [6.45, 7) is 6.47. The third-order valence-corrected chi connectivity index (χ3v) is 0.638. The molecule has 0 bridgehead atoms. The van der Waals surface area contributed by atoms with Crippen molar-refractivity contribution in [3.8, 4) is 0 Å². The molecule has 0 heterocycles. The molecule has 0 N–H and O–H groups in total. The minimum atomic E-state index is 1.17. The molecule has 0 aliphatic rings. The summed E-state index contributed by atoms with van der Waals surface area (Å²) in [5.74, 6) is 2.18. The van der Waals surface area contributed by atoms with Gasteiger partial charge in [0.1, 0.15) is 0 Å². The van der Waals surface area contributed by atoms with Gasteiger partial charge in [0.05, 0.1) is 0 Å². The zero-order chi connectivity index (χ0) is 4.83. The Kier molecular flexibility index (Phi) is 4.88. The van der Waals surface area contributed by atoms with E-state index in [0.29, 0.717) is 0 Å². The molecule has 0 saturated carbocycles. The van der Waals surface area contributed by atoms with E-state index in [9.17, 15) is 0 Å². The second kappa shape index (κ2) is 4.93. The molecule has 6 heavy (non-hydrogen) atoms. The van der Waals surface area contributed by atoms with E-state index in [1.807, 2.05) is 0 Å². The van der Waals surface area contributed by atoms with Gasteiger partial charge < -0.3 is 0 Å². The van der Waals surface area contributed by atoms with Crippen molar-refractivity contribution in [3.05, 3.63) is 0 Å². The van der Waals surface area contributed by atoms with Crippen LogP contribution in [0.3, 0.4) is 0 Å². The van der Waals surface area contributed by atoms with Crippen LogP contribution in [0, 0.1) is 0 Å². The Morgan fingerprint density at radius 2 is 2.17 bits per heavy atom. The summed E-state index contributed by atoms with van der Waals surface area (Å²) in [4.78, 5) is 0. The Morgan fingerprint density at radius 3 is 2.33 bits per heavy atom. The minimum absolute atomic E-state index is 1.17. The molecule has 0 rings (SSSR count). The van der Waals surface area contributed by atoms with Crippen LogP contribution in [0.15, 0.2) is 0 Å². The van der Waals surface area contributed by atoms with Gasteiger partial charge in [-0.15, -0.1) is 0 Å². The first kappa shape index (κ1) is 5.93. The van der Waals surface area contributed by atoms with Gasteiger partial charge in [0.15, 0.2) is 0 Å². The summed E-state index contributed by atoms with van der Waals surface area (Å²) in [6.07, 6.45) is 2.35. The summed E-state index contributed by atoms with van der Waals surface area (Å²) >= 11 is 0. The van der Waals surface area contributed by atoms with Crippen molar-refractivity contribution in [1.82, 2.24) is 0 Å². The topological polar surface area (TPSA) is 0 Å². The van der Waals surface area contributed by atoms with Gasteiger partial charge in [-0.25, -0.2) is 0 Å². The van der Waals surface area contributed by atoms with Crippen molar-refractivity contribution in [2.45, 2.75) is 26.6 Å². The first-order valence-corrected chi connectivity index (χ1v) is 2.56. The third-order valence-electron chi connectivity index (χ3n) is 0.638. The Balaban J connectivity index is 2.73. The van der Waals surface area contributed by atoms with Gasteiger partial charge in [0.25, 0.3) is 0 Å². The third kappa shape index (κ3) is 3.93. The average molecular weight is 82.0 g/mol. The van der Waals surface area contributed by atoms with E-state index in [1.165, 1.54) is 12.7 Å². The predicted molar refractivity (Wildman–Crippen MR) is 32.6 cm³/mol. The van der Waals surface area contributed by atoms with Crippen molar-refractivity contribution >= 4 is 12.9 Å². The van der Waals surface area contributed by atoms with E-state index < -0.39 is 0 Å². The van der Waals surface area contributed by atoms with Crippen LogP contribution in [0.5, 0.6) is 0 Å². The van der Waals surface area contributed by atoms with E-state index in [2.05, 4.69) is 26.7 Å². The van der Waals surface area contributed by atoms with Crippen molar-refractivity contribution < 1.29 is 0 Å². The number of rotatable bonds is 2. The van der Waals surface area contributed by atoms with Crippen molar-refractivity contribution in [1.29, 1.82) is 0 Å². The SMILES string of the molecule is CCB=CCC. The molecular formula is C5H11B. The molecule has 0 nitrogen and oxygen atoms in total. The van der Waals surface area contributed by atoms with Gasteiger partial charge in [-0.2, -0.15) is 0 Å². The normalized spacial score (nSPS) is 9.00. The Morgan fingerprint density at radius 1 is 1.50 bits per heavy atom. The zero-order valence-electron chi connectivity index (χ0n) is 4.57. The average Bonchev–Trinajstić information content (AvgIpc) is 1.61. The molecular weight excluding hydrogens is 70.9 g/mol. The van der Waals surface area contributed by atoms with E-state index in [4.69, 9.17) is 0 Å². The summed E-state index contributed by atoms with van der Waals surface area (Å²) in [6, 6.07) is 0. The molecule has 0 aromatic carbocycles. The molecule has 0 aliphatic carbocycles. The summed E-state index contributed by atoms with van der Waals surface area (Å²) in [5.41, 5.74) is 0. The van der Waals surface area contributed by atoms with Crippen LogP contribution in [-0.4, -0.2) is 12.9 Å². The second-order valence-electron chi connectivity index (χ2n) is 1.29. The molecule has 0 radical (unpaired) electrons. The fraction of sp³-hybridized carbons (Fsp3) is 0.800. The van der Waals surface area contributed by atoms with Gasteiger partial charge in [0.2, 0.25) is 0 Å². The molecule has 0 fully saturated rings. The first-order valence-electron chi connectivity index (χ1n) is 2.56. The molecule has 0 aliphatic heterocycles. The first-order chi connectivity index (χ1) is 2.91. The molecule has 0 saturated heterocycles. The molecule has 0 aromatic heterocycles. The summed E-state index contributed by atoms with van der Waals surface area (Å²) < 4.78 is 0. The quantitative estimate of drug-likeness (QED) is 0.441. The van der Waals surface area contributed by atoms with Crippen LogP contribution in [-0.2, 0) is 0 Å². The van der Waals surface area contributed by atoms with Crippen LogP contribution < -0.4 is 0 Å². The fourth-order valence-electron chi connectivity index (χ4n) is 0.333. The van der Waals surface area contributed by atoms with Gasteiger partial charge >= 0.3 is 39.5 Å². The molecule has 0 aromatic rings. The van der Waals surface area contributed by atoms with Crippen LogP contribution in [0.2, 0.25) is 6.32 Å². The Labute approximate surface area is 40.5 Å². The fourth-order valence-corrected chi connectivity index (χ4v) is 0.333. The van der Waals surface area contributed by atoms with Crippen molar-refractivity contribution in [2.24, 2.45) is 0 Å². The summed E-state index contributed by atoms with van der Waals surface area (Å²) in [5, 5.41) is 0. The molecule has 0 amide bonds. The Hall–Kier alpha value is -0.0651. The standard InChI is InChI=1S/C5H11B/c1-3-5-6-4-2/h5H,3-4H2,1-2H3. The molecule has 34 valence electrons. The van der Waals surface area contributed by atoms with E-state index in [0.717, 1.165) is 0 Å². The number of hydrogen-bond acceptors (Lipinski definition) is 0. The molecule has 0 atom stereocenters. The van der Waals surface area contributed by atoms with Crippen LogP contribution in [0.25, 0.3) is 0 Å². The Bertz CT molecular complexity index is 33.2. The van der Waals surface area contributed by atoms with Crippen molar-refractivity contribution in [2.75, 3.05) is 0 Å². The van der Waals surface area contributed by atoms with Crippen LogP contribution in [0.4, 0.5) is 0 Å². The van der Waals surface area contributed by atoms with Gasteiger partial charge in [-0.1, -0.05) is 0 Å². The maximum absolute atomic E-state index is 2.18. The maximum atomic E-state index is 2.18. The predicted octanol–water partition coefficient (Wildman–Crippen LogP) is 1.34. The van der Waals surface area contributed by atoms with Gasteiger partial charge in [-0.3, -0.25) is 0 Å². The van der Waals surface area contributed by atoms with E-state index >= 15 is 0 Å². The van der Waals surface area contributed by atoms with Gasteiger partial charge in [0, 0.05) is 0 Å². The van der Waals surface area contributed by atoms with Crippen LogP contribution >= 0.6 is 0 Å².